The molecule has 0 saturated carbocycles. The molecule has 0 spiro atoms. The second-order valence-corrected chi connectivity index (χ2v) is 17.5. The van der Waals surface area contributed by atoms with E-state index in [1.165, 1.54) is 0 Å². The van der Waals surface area contributed by atoms with Crippen molar-refractivity contribution >= 4 is 61.5 Å². The molecular weight excluding hydrogens is 304 g/mol. The minimum atomic E-state index is -2.89. The second kappa shape index (κ2) is 3.95. The second-order valence-electron chi connectivity index (χ2n) is 2.53. The first-order valence-corrected chi connectivity index (χ1v) is 13.0. The molecule has 68 valence electrons. The molecule has 5 heteroatoms. The molecule has 2 heterocycles. The molecule has 0 aromatic carbocycles. The van der Waals surface area contributed by atoms with Gasteiger partial charge in [0.05, 0.1) is 0 Å². The van der Waals surface area contributed by atoms with E-state index >= 15 is 0 Å². The first-order valence-electron chi connectivity index (χ1n) is 3.67. The van der Waals surface area contributed by atoms with Crippen LogP contribution in [-0.2, 0) is 0 Å². The summed E-state index contributed by atoms with van der Waals surface area (Å²) in [4.78, 5) is 0. The number of rotatable bonds is 2. The van der Waals surface area contributed by atoms with Gasteiger partial charge in [-0.2, -0.15) is 0 Å². The fourth-order valence-corrected chi connectivity index (χ4v) is 12.3. The van der Waals surface area contributed by atoms with Crippen LogP contribution in [0.5, 0.6) is 0 Å². The number of thiophene rings is 2. The molecule has 2 aromatic rings. The van der Waals surface area contributed by atoms with Crippen LogP contribution in [0.15, 0.2) is 35.0 Å². The zero-order chi connectivity index (χ0) is 9.31. The third kappa shape index (κ3) is 1.97. The van der Waals surface area contributed by atoms with E-state index in [9.17, 15) is 0 Å². The molecule has 0 aliphatic carbocycles. The zero-order valence-corrected chi connectivity index (χ0v) is 11.8. The minimum absolute atomic E-state index is 1.16. The third-order valence-electron chi connectivity index (χ3n) is 1.66. The summed E-state index contributed by atoms with van der Waals surface area (Å²) in [5.74, 6) is 0. The molecule has 0 atom stereocenters. The van der Waals surface area contributed by atoms with Crippen LogP contribution in [0.3, 0.4) is 0 Å². The third-order valence-corrected chi connectivity index (χ3v) is 17.6. The molecule has 0 N–H and O–H groups in total. The number of hydrogen-bond acceptors (Lipinski definition) is 2. The van der Waals surface area contributed by atoms with Gasteiger partial charge in [-0.3, -0.25) is 0 Å². The van der Waals surface area contributed by atoms with Crippen molar-refractivity contribution < 1.29 is 0 Å². The Labute approximate surface area is 95.9 Å². The molecular formula is C8H6Cl2GeS2. The van der Waals surface area contributed by atoms with Crippen molar-refractivity contribution in [3.05, 3.63) is 35.0 Å². The van der Waals surface area contributed by atoms with Crippen LogP contribution in [-0.4, -0.2) is 11.4 Å². The summed E-state index contributed by atoms with van der Waals surface area (Å²) in [6.07, 6.45) is 0. The summed E-state index contributed by atoms with van der Waals surface area (Å²) in [6.45, 7) is 0. The van der Waals surface area contributed by atoms with Gasteiger partial charge in [-0.25, -0.2) is 0 Å². The van der Waals surface area contributed by atoms with Gasteiger partial charge in [0.25, 0.3) is 0 Å². The quantitative estimate of drug-likeness (QED) is 0.748. The summed E-state index contributed by atoms with van der Waals surface area (Å²) in [5.41, 5.74) is 0. The van der Waals surface area contributed by atoms with E-state index in [2.05, 4.69) is 0 Å². The van der Waals surface area contributed by atoms with E-state index < -0.39 is 11.4 Å². The monoisotopic (exact) mass is 310 g/mol. The Balaban J connectivity index is 2.42. The van der Waals surface area contributed by atoms with Crippen LogP contribution >= 0.6 is 42.7 Å². The fourth-order valence-electron chi connectivity index (χ4n) is 1.04. The van der Waals surface area contributed by atoms with Crippen LogP contribution in [0.25, 0.3) is 0 Å². The van der Waals surface area contributed by atoms with E-state index in [1.54, 1.807) is 22.7 Å². The van der Waals surface area contributed by atoms with E-state index in [0.29, 0.717) is 0 Å². The average Bonchev–Trinajstić information content (AvgIpc) is 2.78. The van der Waals surface area contributed by atoms with Gasteiger partial charge in [-0.05, 0) is 0 Å². The zero-order valence-electron chi connectivity index (χ0n) is 6.54. The van der Waals surface area contributed by atoms with Crippen LogP contribution in [0.2, 0.25) is 0 Å². The predicted octanol–water partition coefficient (Wildman–Crippen LogP) is 2.84. The summed E-state index contributed by atoms with van der Waals surface area (Å²) >= 11 is 0.415. The molecule has 0 aliphatic rings. The van der Waals surface area contributed by atoms with Crippen LogP contribution in [0, 0.1) is 0 Å². The molecule has 0 amide bonds. The van der Waals surface area contributed by atoms with Crippen molar-refractivity contribution in [2.24, 2.45) is 0 Å². The molecule has 0 nitrogen and oxygen atoms in total. The topological polar surface area (TPSA) is 0 Å². The first kappa shape index (κ1) is 10.1. The van der Waals surface area contributed by atoms with E-state index in [0.717, 1.165) is 7.42 Å². The molecule has 0 bridgehead atoms. The average molecular weight is 310 g/mol. The molecule has 0 aliphatic heterocycles. The first-order chi connectivity index (χ1) is 6.21. The van der Waals surface area contributed by atoms with Crippen molar-refractivity contribution in [1.29, 1.82) is 0 Å². The van der Waals surface area contributed by atoms with E-state index in [-0.39, 0.29) is 0 Å². The number of hydrogen-bond donors (Lipinski definition) is 0. The van der Waals surface area contributed by atoms with Crippen LogP contribution in [0.1, 0.15) is 0 Å². The van der Waals surface area contributed by atoms with E-state index in [1.807, 2.05) is 35.0 Å². The Morgan fingerprint density at radius 3 is 1.69 bits per heavy atom. The van der Waals surface area contributed by atoms with Crippen LogP contribution < -0.4 is 7.42 Å². The molecule has 0 unspecified atom stereocenters. The van der Waals surface area contributed by atoms with Gasteiger partial charge in [-0.15, -0.1) is 0 Å². The van der Waals surface area contributed by atoms with Crippen molar-refractivity contribution in [3.63, 3.8) is 0 Å². The summed E-state index contributed by atoms with van der Waals surface area (Å²) in [6, 6.07) is 8.06. The molecule has 0 radical (unpaired) electrons. The van der Waals surface area contributed by atoms with Gasteiger partial charge in [0.15, 0.2) is 0 Å². The molecule has 0 fully saturated rings. The Bertz CT molecular complexity index is 331. The standard InChI is InChI=1S/C8H6Cl2GeS2/c9-11(10,7-3-1-5-12-7)8-4-2-6-13-8/h1-6H. The van der Waals surface area contributed by atoms with Crippen molar-refractivity contribution in [1.82, 2.24) is 0 Å². The summed E-state index contributed by atoms with van der Waals surface area (Å²) in [5, 5.41) is 4.04. The molecule has 13 heavy (non-hydrogen) atoms. The Morgan fingerprint density at radius 1 is 0.923 bits per heavy atom. The fraction of sp³-hybridized carbons (Fsp3) is 0. The summed E-state index contributed by atoms with van der Waals surface area (Å²) in [7, 11) is 12.9. The molecule has 0 saturated heterocycles. The normalized spacial score (nSPS) is 11.8. The van der Waals surface area contributed by atoms with Gasteiger partial charge in [0, 0.05) is 0 Å². The van der Waals surface area contributed by atoms with Crippen molar-refractivity contribution in [2.45, 2.75) is 0 Å². The van der Waals surface area contributed by atoms with Crippen molar-refractivity contribution in [3.8, 4) is 0 Å². The predicted molar refractivity (Wildman–Crippen MR) is 65.4 cm³/mol. The Morgan fingerprint density at radius 2 is 1.38 bits per heavy atom. The van der Waals surface area contributed by atoms with Gasteiger partial charge < -0.3 is 0 Å². The number of halogens is 2. The van der Waals surface area contributed by atoms with Gasteiger partial charge in [0.2, 0.25) is 0 Å². The maximum absolute atomic E-state index is 6.44. The Hall–Kier alpha value is 0.523. The molecule has 2 rings (SSSR count). The summed E-state index contributed by atoms with van der Waals surface area (Å²) < 4.78 is 2.32. The van der Waals surface area contributed by atoms with Crippen LogP contribution in [0.4, 0.5) is 0 Å². The van der Waals surface area contributed by atoms with Crippen molar-refractivity contribution in [2.75, 3.05) is 0 Å². The van der Waals surface area contributed by atoms with Gasteiger partial charge >= 0.3 is 96.5 Å². The van der Waals surface area contributed by atoms with E-state index in [4.69, 9.17) is 20.0 Å². The van der Waals surface area contributed by atoms with Gasteiger partial charge in [-0.1, -0.05) is 0 Å². The Kier molecular flexibility index (Phi) is 3.05. The SMILES string of the molecule is [Cl][Ge]([Cl])([c]1cccs1)[c]1cccs1. The maximum atomic E-state index is 6.44. The van der Waals surface area contributed by atoms with Gasteiger partial charge in [0.1, 0.15) is 0 Å². The molecule has 2 aromatic heterocycles.